The predicted molar refractivity (Wildman–Crippen MR) is 115 cm³/mol. The highest BCUT2D eigenvalue weighted by molar-refractivity contribution is 7.89. The monoisotopic (exact) mass is 452 g/mol. The summed E-state index contributed by atoms with van der Waals surface area (Å²) in [7, 11) is -3.69. The van der Waals surface area contributed by atoms with Gasteiger partial charge in [0, 0.05) is 25.7 Å². The van der Waals surface area contributed by atoms with E-state index in [1.54, 1.807) is 6.92 Å². The maximum atomic E-state index is 12.8. The van der Waals surface area contributed by atoms with Crippen molar-refractivity contribution in [3.8, 4) is 0 Å². The molecule has 2 saturated heterocycles. The van der Waals surface area contributed by atoms with Gasteiger partial charge in [-0.25, -0.2) is 17.9 Å². The molecule has 0 saturated carbocycles. The van der Waals surface area contributed by atoms with Crippen LogP contribution in [0.25, 0.3) is 0 Å². The fourth-order valence-corrected chi connectivity index (χ4v) is 5.16. The number of ether oxygens (including phenoxy) is 2. The van der Waals surface area contributed by atoms with Crippen LogP contribution in [0.3, 0.4) is 0 Å². The SMILES string of the molecule is CCC1CCCCN1C(=O)C(C)OC(=O)c1ccc(S(=O)(=O)NCC2CCCO2)cc1. The lowest BCUT2D eigenvalue weighted by Crippen LogP contribution is -2.48. The fraction of sp³-hybridized carbons (Fsp3) is 0.636. The van der Waals surface area contributed by atoms with Crippen molar-refractivity contribution in [1.29, 1.82) is 0 Å². The number of sulfonamides is 1. The Balaban J connectivity index is 1.57. The molecule has 1 aromatic carbocycles. The van der Waals surface area contributed by atoms with Crippen LogP contribution in [0.4, 0.5) is 0 Å². The van der Waals surface area contributed by atoms with Crippen LogP contribution in [0, 0.1) is 0 Å². The second-order valence-electron chi connectivity index (χ2n) is 8.15. The molecule has 3 unspecified atom stereocenters. The van der Waals surface area contributed by atoms with Crippen molar-refractivity contribution in [3.63, 3.8) is 0 Å². The van der Waals surface area contributed by atoms with E-state index in [-0.39, 0.29) is 35.1 Å². The van der Waals surface area contributed by atoms with E-state index in [1.807, 2.05) is 4.90 Å². The van der Waals surface area contributed by atoms with Crippen LogP contribution < -0.4 is 4.72 Å². The molecule has 2 heterocycles. The molecular formula is C22H32N2O6S. The number of nitrogens with one attached hydrogen (secondary N) is 1. The summed E-state index contributed by atoms with van der Waals surface area (Å²) in [5.41, 5.74) is 0.198. The molecule has 2 aliphatic rings. The van der Waals surface area contributed by atoms with Crippen molar-refractivity contribution < 1.29 is 27.5 Å². The Kier molecular flexibility index (Phi) is 8.07. The zero-order chi connectivity index (χ0) is 22.4. The summed E-state index contributed by atoms with van der Waals surface area (Å²) < 4.78 is 38.2. The van der Waals surface area contributed by atoms with Gasteiger partial charge in [-0.15, -0.1) is 0 Å². The van der Waals surface area contributed by atoms with Crippen LogP contribution in [-0.2, 0) is 24.3 Å². The Bertz CT molecular complexity index is 864. The molecule has 172 valence electrons. The number of hydrogen-bond donors (Lipinski definition) is 1. The molecule has 0 aromatic heterocycles. The molecule has 2 aliphatic heterocycles. The number of amides is 1. The molecule has 31 heavy (non-hydrogen) atoms. The zero-order valence-electron chi connectivity index (χ0n) is 18.2. The van der Waals surface area contributed by atoms with Gasteiger partial charge in [0.05, 0.1) is 16.6 Å². The van der Waals surface area contributed by atoms with E-state index >= 15 is 0 Å². The number of hydrogen-bond acceptors (Lipinski definition) is 6. The van der Waals surface area contributed by atoms with Gasteiger partial charge in [-0.1, -0.05) is 6.92 Å². The highest BCUT2D eigenvalue weighted by atomic mass is 32.2. The summed E-state index contributed by atoms with van der Waals surface area (Å²) in [6.07, 6.45) is 4.69. The van der Waals surface area contributed by atoms with Crippen molar-refractivity contribution in [3.05, 3.63) is 29.8 Å². The molecule has 2 fully saturated rings. The Labute approximate surface area is 184 Å². The topological polar surface area (TPSA) is 102 Å². The second kappa shape index (κ2) is 10.6. The number of piperidine rings is 1. The van der Waals surface area contributed by atoms with E-state index in [9.17, 15) is 18.0 Å². The summed E-state index contributed by atoms with van der Waals surface area (Å²) in [5.74, 6) is -0.834. The van der Waals surface area contributed by atoms with Gasteiger partial charge in [0.25, 0.3) is 5.91 Å². The first-order chi connectivity index (χ1) is 14.8. The van der Waals surface area contributed by atoms with Gasteiger partial charge in [-0.3, -0.25) is 4.79 Å². The number of rotatable bonds is 8. The summed E-state index contributed by atoms with van der Waals surface area (Å²) in [6, 6.07) is 5.71. The van der Waals surface area contributed by atoms with Gasteiger partial charge >= 0.3 is 5.97 Å². The van der Waals surface area contributed by atoms with Crippen molar-refractivity contribution in [2.75, 3.05) is 19.7 Å². The molecule has 8 nitrogen and oxygen atoms in total. The highest BCUT2D eigenvalue weighted by Crippen LogP contribution is 2.21. The maximum absolute atomic E-state index is 12.8. The third kappa shape index (κ3) is 6.05. The van der Waals surface area contributed by atoms with E-state index in [0.717, 1.165) is 38.5 Å². The summed E-state index contributed by atoms with van der Waals surface area (Å²) in [6.45, 7) is 5.19. The van der Waals surface area contributed by atoms with Crippen LogP contribution >= 0.6 is 0 Å². The quantitative estimate of drug-likeness (QED) is 0.608. The summed E-state index contributed by atoms with van der Waals surface area (Å²) in [5, 5.41) is 0. The van der Waals surface area contributed by atoms with Crippen LogP contribution in [0.5, 0.6) is 0 Å². The predicted octanol–water partition coefficient (Wildman–Crippen LogP) is 2.48. The maximum Gasteiger partial charge on any atom is 0.338 e. The van der Waals surface area contributed by atoms with Crippen molar-refractivity contribution >= 4 is 21.9 Å². The van der Waals surface area contributed by atoms with Gasteiger partial charge in [0.2, 0.25) is 10.0 Å². The summed E-state index contributed by atoms with van der Waals surface area (Å²) in [4.78, 5) is 27.1. The minimum absolute atomic E-state index is 0.0604. The Morgan fingerprint density at radius 3 is 2.58 bits per heavy atom. The van der Waals surface area contributed by atoms with Crippen LogP contribution in [0.2, 0.25) is 0 Å². The van der Waals surface area contributed by atoms with Crippen molar-refractivity contribution in [2.24, 2.45) is 0 Å². The molecular weight excluding hydrogens is 420 g/mol. The Morgan fingerprint density at radius 1 is 1.19 bits per heavy atom. The van der Waals surface area contributed by atoms with E-state index in [1.165, 1.54) is 24.3 Å². The molecule has 9 heteroatoms. The molecule has 1 amide bonds. The lowest BCUT2D eigenvalue weighted by molar-refractivity contribution is -0.143. The van der Waals surface area contributed by atoms with E-state index in [4.69, 9.17) is 9.47 Å². The molecule has 0 spiro atoms. The van der Waals surface area contributed by atoms with E-state index < -0.39 is 22.1 Å². The lowest BCUT2D eigenvalue weighted by atomic mass is 9.99. The average molecular weight is 453 g/mol. The van der Waals surface area contributed by atoms with Crippen LogP contribution in [0.15, 0.2) is 29.2 Å². The first kappa shape index (κ1) is 23.7. The van der Waals surface area contributed by atoms with Crippen LogP contribution in [-0.4, -0.2) is 63.1 Å². The smallest absolute Gasteiger partial charge is 0.338 e. The molecule has 3 rings (SSSR count). The lowest BCUT2D eigenvalue weighted by Gasteiger charge is -2.36. The number of carbonyl (C=O) groups is 2. The highest BCUT2D eigenvalue weighted by Gasteiger charge is 2.30. The number of likely N-dealkylation sites (tertiary alicyclic amines) is 1. The first-order valence-corrected chi connectivity index (χ1v) is 12.5. The number of benzene rings is 1. The van der Waals surface area contributed by atoms with E-state index in [2.05, 4.69) is 11.6 Å². The van der Waals surface area contributed by atoms with Crippen LogP contribution in [0.1, 0.15) is 62.7 Å². The molecule has 1 aromatic rings. The average Bonchev–Trinajstić information content (AvgIpc) is 3.31. The molecule has 0 aliphatic carbocycles. The Morgan fingerprint density at radius 2 is 1.94 bits per heavy atom. The second-order valence-corrected chi connectivity index (χ2v) is 9.92. The third-order valence-electron chi connectivity index (χ3n) is 5.94. The normalized spacial score (nSPS) is 22.8. The summed E-state index contributed by atoms with van der Waals surface area (Å²) >= 11 is 0. The van der Waals surface area contributed by atoms with Gasteiger partial charge in [0.15, 0.2) is 6.10 Å². The standard InChI is InChI=1S/C22H32N2O6S/c1-3-18-7-4-5-13-24(18)21(25)16(2)30-22(26)17-9-11-20(12-10-17)31(27,28)23-15-19-8-6-14-29-19/h9-12,16,18-19,23H,3-8,13-15H2,1-2H3. The van der Waals surface area contributed by atoms with Gasteiger partial charge in [-0.05, 0) is 69.7 Å². The largest absolute Gasteiger partial charge is 0.449 e. The molecule has 3 atom stereocenters. The van der Waals surface area contributed by atoms with Crippen molar-refractivity contribution in [1.82, 2.24) is 9.62 Å². The van der Waals surface area contributed by atoms with E-state index in [0.29, 0.717) is 13.2 Å². The minimum Gasteiger partial charge on any atom is -0.449 e. The Hall–Kier alpha value is -1.97. The van der Waals surface area contributed by atoms with Crippen molar-refractivity contribution in [2.45, 2.75) is 75.5 Å². The number of carbonyl (C=O) groups excluding carboxylic acids is 2. The molecule has 0 bridgehead atoms. The zero-order valence-corrected chi connectivity index (χ0v) is 19.0. The number of nitrogens with zero attached hydrogens (tertiary/aromatic N) is 1. The first-order valence-electron chi connectivity index (χ1n) is 11.0. The van der Waals surface area contributed by atoms with Gasteiger partial charge in [0.1, 0.15) is 0 Å². The number of esters is 1. The van der Waals surface area contributed by atoms with Gasteiger partial charge in [-0.2, -0.15) is 0 Å². The third-order valence-corrected chi connectivity index (χ3v) is 7.38. The minimum atomic E-state index is -3.69. The molecule has 0 radical (unpaired) electrons. The van der Waals surface area contributed by atoms with Gasteiger partial charge < -0.3 is 14.4 Å². The fourth-order valence-electron chi connectivity index (χ4n) is 4.09. The molecule has 1 N–H and O–H groups in total.